The molecule has 0 aromatic heterocycles. The molecule has 1 heterocycles. The average molecular weight is 301 g/mol. The largest absolute Gasteiger partial charge is 0.397 e. The predicted octanol–water partition coefficient (Wildman–Crippen LogP) is -3.25. The Balaban J connectivity index is 3.00. The summed E-state index contributed by atoms with van der Waals surface area (Å²) in [6.07, 6.45) is -6.45. The number of aliphatic hydroxyl groups is 3. The summed E-state index contributed by atoms with van der Waals surface area (Å²) in [6, 6.07) is -1.43. The highest BCUT2D eigenvalue weighted by Crippen LogP contribution is 2.23. The van der Waals surface area contributed by atoms with Gasteiger partial charge in [-0.15, -0.1) is 0 Å². The zero-order valence-corrected chi connectivity index (χ0v) is 10.6. The summed E-state index contributed by atoms with van der Waals surface area (Å²) in [5.74, 6) is -0.647. The van der Waals surface area contributed by atoms with Crippen molar-refractivity contribution in [3.05, 3.63) is 0 Å². The molecule has 112 valence electrons. The van der Waals surface area contributed by atoms with Crippen LogP contribution in [0.15, 0.2) is 0 Å². The molecule has 0 radical (unpaired) electrons. The minimum absolute atomic E-state index is 0.647. The van der Waals surface area contributed by atoms with Crippen LogP contribution in [0.4, 0.5) is 0 Å². The van der Waals surface area contributed by atoms with Gasteiger partial charge < -0.3 is 25.4 Å². The van der Waals surface area contributed by atoms with Gasteiger partial charge in [-0.1, -0.05) is 0 Å². The van der Waals surface area contributed by atoms with E-state index in [0.29, 0.717) is 0 Å². The van der Waals surface area contributed by atoms with Gasteiger partial charge in [0, 0.05) is 6.92 Å². The first-order chi connectivity index (χ1) is 8.65. The molecule has 0 spiro atoms. The number of rotatable bonds is 4. The zero-order valence-electron chi connectivity index (χ0n) is 9.83. The summed E-state index contributed by atoms with van der Waals surface area (Å²) in [5.41, 5.74) is 0. The van der Waals surface area contributed by atoms with Crippen LogP contribution in [0.5, 0.6) is 0 Å². The highest BCUT2D eigenvalue weighted by atomic mass is 32.3. The Hall–Kier alpha value is -0.820. The van der Waals surface area contributed by atoms with E-state index >= 15 is 0 Å². The molecule has 0 saturated carbocycles. The fraction of sp³-hybridized carbons (Fsp3) is 0.875. The summed E-state index contributed by atoms with van der Waals surface area (Å²) in [6.45, 7) is 0.359. The Kier molecular flexibility index (Phi) is 5.20. The van der Waals surface area contributed by atoms with E-state index in [1.165, 1.54) is 0 Å². The minimum Gasteiger partial charge on any atom is -0.394 e. The van der Waals surface area contributed by atoms with Crippen LogP contribution in [0.3, 0.4) is 0 Å². The van der Waals surface area contributed by atoms with Gasteiger partial charge in [-0.25, -0.2) is 4.18 Å². The maximum atomic E-state index is 11.0. The molecule has 0 aromatic rings. The van der Waals surface area contributed by atoms with Gasteiger partial charge in [0.15, 0.2) is 6.29 Å². The standard InChI is InChI=1S/C8H15NO9S/c1-3(11)9-5-7(18-19(14,15)16)6(12)4(2-10)17-8(5)13/h4-8,10,12-13H,2H2,1H3,(H,9,11)(H,14,15,16)/t4-,5-,6+,7-,8?/m1/s1. The van der Waals surface area contributed by atoms with Gasteiger partial charge in [0.05, 0.1) is 6.61 Å². The fourth-order valence-corrected chi connectivity index (χ4v) is 2.24. The van der Waals surface area contributed by atoms with Gasteiger partial charge in [0.1, 0.15) is 24.4 Å². The quantitative estimate of drug-likeness (QED) is 0.335. The Bertz CT molecular complexity index is 424. The van der Waals surface area contributed by atoms with Gasteiger partial charge >= 0.3 is 10.4 Å². The maximum Gasteiger partial charge on any atom is 0.397 e. The van der Waals surface area contributed by atoms with Crippen molar-refractivity contribution >= 4 is 16.3 Å². The lowest BCUT2D eigenvalue weighted by Crippen LogP contribution is -2.65. The molecule has 1 aliphatic heterocycles. The van der Waals surface area contributed by atoms with E-state index in [-0.39, 0.29) is 0 Å². The maximum absolute atomic E-state index is 11.0. The molecule has 5 N–H and O–H groups in total. The van der Waals surface area contributed by atoms with Crippen molar-refractivity contribution in [1.82, 2.24) is 5.32 Å². The second kappa shape index (κ2) is 6.09. The lowest BCUT2D eigenvalue weighted by atomic mass is 9.97. The minimum atomic E-state index is -4.94. The van der Waals surface area contributed by atoms with Crippen LogP contribution < -0.4 is 5.32 Å². The van der Waals surface area contributed by atoms with E-state index < -0.39 is 53.6 Å². The van der Waals surface area contributed by atoms with E-state index in [1.807, 2.05) is 0 Å². The molecule has 1 aliphatic rings. The second-order valence-electron chi connectivity index (χ2n) is 3.95. The number of carbonyl (C=O) groups is 1. The lowest BCUT2D eigenvalue weighted by molar-refractivity contribution is -0.249. The molecule has 19 heavy (non-hydrogen) atoms. The molecule has 1 unspecified atom stereocenters. The van der Waals surface area contributed by atoms with Crippen molar-refractivity contribution in [2.45, 2.75) is 37.6 Å². The van der Waals surface area contributed by atoms with Crippen molar-refractivity contribution in [2.24, 2.45) is 0 Å². The average Bonchev–Trinajstić information content (AvgIpc) is 2.26. The van der Waals surface area contributed by atoms with Crippen molar-refractivity contribution in [2.75, 3.05) is 6.61 Å². The van der Waals surface area contributed by atoms with Crippen molar-refractivity contribution in [3.8, 4) is 0 Å². The molecule has 0 bridgehead atoms. The molecule has 0 aromatic carbocycles. The number of aliphatic hydroxyl groups excluding tert-OH is 3. The van der Waals surface area contributed by atoms with Gasteiger partial charge in [-0.3, -0.25) is 9.35 Å². The van der Waals surface area contributed by atoms with Crippen LogP contribution in [0.1, 0.15) is 6.92 Å². The highest BCUT2D eigenvalue weighted by Gasteiger charge is 2.47. The Labute approximate surface area is 108 Å². The third-order valence-corrected chi connectivity index (χ3v) is 2.94. The predicted molar refractivity (Wildman–Crippen MR) is 58.0 cm³/mol. The molecule has 1 amide bonds. The summed E-state index contributed by atoms with van der Waals surface area (Å²) < 4.78 is 39.0. The van der Waals surface area contributed by atoms with Crippen LogP contribution in [-0.4, -0.2) is 71.4 Å². The first kappa shape index (κ1) is 16.2. The number of hydrogen-bond acceptors (Lipinski definition) is 8. The number of ether oxygens (including phenoxy) is 1. The lowest BCUT2D eigenvalue weighted by Gasteiger charge is -2.41. The van der Waals surface area contributed by atoms with E-state index in [9.17, 15) is 23.4 Å². The third kappa shape index (κ3) is 4.35. The van der Waals surface area contributed by atoms with E-state index in [2.05, 4.69) is 9.50 Å². The van der Waals surface area contributed by atoms with Crippen LogP contribution in [0.2, 0.25) is 0 Å². The van der Waals surface area contributed by atoms with Crippen LogP contribution in [-0.2, 0) is 24.1 Å². The zero-order chi connectivity index (χ0) is 14.8. The smallest absolute Gasteiger partial charge is 0.394 e. The van der Waals surface area contributed by atoms with E-state index in [1.54, 1.807) is 0 Å². The summed E-state index contributed by atoms with van der Waals surface area (Å²) in [5, 5.41) is 30.4. The number of nitrogens with one attached hydrogen (secondary N) is 1. The molecule has 1 rings (SSSR count). The normalized spacial score (nSPS) is 35.9. The summed E-state index contributed by atoms with van der Waals surface area (Å²) >= 11 is 0. The molecule has 1 saturated heterocycles. The molecule has 1 fully saturated rings. The number of amides is 1. The number of hydrogen-bond donors (Lipinski definition) is 5. The first-order valence-electron chi connectivity index (χ1n) is 5.21. The molecular weight excluding hydrogens is 286 g/mol. The van der Waals surface area contributed by atoms with Crippen LogP contribution >= 0.6 is 0 Å². The number of carbonyl (C=O) groups excluding carboxylic acids is 1. The molecule has 0 aliphatic carbocycles. The topological polar surface area (TPSA) is 163 Å². The SMILES string of the molecule is CC(=O)N[C@H]1C(O)O[C@H](CO)[C@H](O)[C@@H]1OS(=O)(=O)O. The Morgan fingerprint density at radius 1 is 1.42 bits per heavy atom. The van der Waals surface area contributed by atoms with Crippen molar-refractivity contribution < 1.29 is 42.0 Å². The van der Waals surface area contributed by atoms with E-state index in [0.717, 1.165) is 6.92 Å². The van der Waals surface area contributed by atoms with Gasteiger partial charge in [-0.05, 0) is 0 Å². The first-order valence-corrected chi connectivity index (χ1v) is 6.57. The molecular formula is C8H15NO9S. The third-order valence-electron chi connectivity index (χ3n) is 2.48. The Morgan fingerprint density at radius 2 is 2.00 bits per heavy atom. The monoisotopic (exact) mass is 301 g/mol. The summed E-state index contributed by atoms with van der Waals surface area (Å²) in [7, 11) is -4.94. The molecule has 5 atom stereocenters. The van der Waals surface area contributed by atoms with Crippen LogP contribution in [0, 0.1) is 0 Å². The fourth-order valence-electron chi connectivity index (χ4n) is 1.73. The molecule has 11 heteroatoms. The summed E-state index contributed by atoms with van der Waals surface area (Å²) in [4.78, 5) is 11.0. The van der Waals surface area contributed by atoms with Crippen molar-refractivity contribution in [3.63, 3.8) is 0 Å². The van der Waals surface area contributed by atoms with Gasteiger partial charge in [0.2, 0.25) is 5.91 Å². The van der Waals surface area contributed by atoms with Crippen molar-refractivity contribution in [1.29, 1.82) is 0 Å². The van der Waals surface area contributed by atoms with Gasteiger partial charge in [0.25, 0.3) is 0 Å². The second-order valence-corrected chi connectivity index (χ2v) is 5.00. The Morgan fingerprint density at radius 3 is 2.42 bits per heavy atom. The highest BCUT2D eigenvalue weighted by molar-refractivity contribution is 7.80. The van der Waals surface area contributed by atoms with Gasteiger partial charge in [-0.2, -0.15) is 8.42 Å². The van der Waals surface area contributed by atoms with Crippen LogP contribution in [0.25, 0.3) is 0 Å². The molecule has 10 nitrogen and oxygen atoms in total. The van der Waals surface area contributed by atoms with E-state index in [4.69, 9.17) is 14.4 Å².